The van der Waals surface area contributed by atoms with Crippen LogP contribution in [-0.2, 0) is 14.3 Å². The molecule has 1 saturated heterocycles. The van der Waals surface area contributed by atoms with Gasteiger partial charge in [-0.3, -0.25) is 9.59 Å². The lowest BCUT2D eigenvalue weighted by Crippen LogP contribution is -2.53. The fourth-order valence-corrected chi connectivity index (χ4v) is 2.27. The minimum absolute atomic E-state index is 0.0925. The molecular formula is C13H16N2O3. The molecule has 2 N–H and O–H groups in total. The molecule has 1 aliphatic heterocycles. The van der Waals surface area contributed by atoms with E-state index in [1.807, 2.05) is 37.3 Å². The summed E-state index contributed by atoms with van der Waals surface area (Å²) >= 11 is 0. The highest BCUT2D eigenvalue weighted by atomic mass is 16.5. The van der Waals surface area contributed by atoms with Crippen molar-refractivity contribution >= 4 is 11.8 Å². The molecule has 0 aromatic heterocycles. The van der Waals surface area contributed by atoms with Gasteiger partial charge in [0.15, 0.2) is 6.10 Å². The number of rotatable bonds is 3. The zero-order valence-corrected chi connectivity index (χ0v) is 10.2. The topological polar surface area (TPSA) is 72.6 Å². The third kappa shape index (κ3) is 2.22. The van der Waals surface area contributed by atoms with Crippen molar-refractivity contribution in [2.75, 3.05) is 13.2 Å². The first-order chi connectivity index (χ1) is 8.65. The van der Waals surface area contributed by atoms with Crippen molar-refractivity contribution in [2.24, 2.45) is 5.73 Å². The monoisotopic (exact) mass is 248 g/mol. The molecule has 1 aliphatic rings. The highest BCUT2D eigenvalue weighted by Gasteiger charge is 2.39. The molecule has 96 valence electrons. The van der Waals surface area contributed by atoms with Crippen LogP contribution >= 0.6 is 0 Å². The highest BCUT2D eigenvalue weighted by molar-refractivity contribution is 5.85. The predicted octanol–water partition coefficient (Wildman–Crippen LogP) is 0.460. The maximum Gasteiger partial charge on any atom is 0.249 e. The van der Waals surface area contributed by atoms with Crippen LogP contribution in [0.15, 0.2) is 30.3 Å². The van der Waals surface area contributed by atoms with E-state index in [4.69, 9.17) is 10.5 Å². The number of nitrogens with zero attached hydrogens (tertiary/aromatic N) is 1. The second-order valence-electron chi connectivity index (χ2n) is 4.17. The van der Waals surface area contributed by atoms with E-state index in [1.165, 1.54) is 0 Å². The molecule has 5 nitrogen and oxygen atoms in total. The molecule has 1 fully saturated rings. The number of carbonyl (C=O) groups excluding carboxylic acids is 2. The number of ether oxygens (including phenoxy) is 1. The Balaban J connectivity index is 2.40. The second-order valence-corrected chi connectivity index (χ2v) is 4.17. The summed E-state index contributed by atoms with van der Waals surface area (Å²) in [5.74, 6) is -0.668. The lowest BCUT2D eigenvalue weighted by Gasteiger charge is -2.39. The standard InChI is InChI=1S/C13H16N2O3/c1-2-15-10(16)8-18-12(13(14)17)11(15)9-6-4-3-5-7-9/h3-7,11-12H,2,8H2,1H3,(H2,14,17). The summed E-state index contributed by atoms with van der Waals surface area (Å²) in [6.07, 6.45) is -0.787. The number of amides is 2. The van der Waals surface area contributed by atoms with Crippen molar-refractivity contribution in [1.29, 1.82) is 0 Å². The molecule has 2 unspecified atom stereocenters. The molecule has 0 saturated carbocycles. The van der Waals surface area contributed by atoms with E-state index >= 15 is 0 Å². The van der Waals surface area contributed by atoms with E-state index < -0.39 is 18.1 Å². The van der Waals surface area contributed by atoms with E-state index in [1.54, 1.807) is 4.90 Å². The molecule has 5 heteroatoms. The summed E-state index contributed by atoms with van der Waals surface area (Å²) < 4.78 is 5.29. The van der Waals surface area contributed by atoms with Gasteiger partial charge in [0.05, 0.1) is 6.04 Å². The van der Waals surface area contributed by atoms with Gasteiger partial charge in [0.2, 0.25) is 11.8 Å². The van der Waals surface area contributed by atoms with Crippen molar-refractivity contribution in [3.63, 3.8) is 0 Å². The number of likely N-dealkylation sites (N-methyl/N-ethyl adjacent to an activating group) is 1. The van der Waals surface area contributed by atoms with Gasteiger partial charge in [-0.05, 0) is 12.5 Å². The molecule has 18 heavy (non-hydrogen) atoms. The van der Waals surface area contributed by atoms with Crippen LogP contribution in [0.25, 0.3) is 0 Å². The summed E-state index contributed by atoms with van der Waals surface area (Å²) in [5, 5.41) is 0. The zero-order chi connectivity index (χ0) is 13.1. The molecule has 1 aromatic carbocycles. The van der Waals surface area contributed by atoms with E-state index in [0.717, 1.165) is 5.56 Å². The average molecular weight is 248 g/mol. The van der Waals surface area contributed by atoms with E-state index in [-0.39, 0.29) is 12.5 Å². The molecule has 1 heterocycles. The Morgan fingerprint density at radius 1 is 1.44 bits per heavy atom. The molecule has 0 aliphatic carbocycles. The lowest BCUT2D eigenvalue weighted by molar-refractivity contribution is -0.162. The van der Waals surface area contributed by atoms with Crippen LogP contribution in [0, 0.1) is 0 Å². The minimum Gasteiger partial charge on any atom is -0.367 e. The fraction of sp³-hybridized carbons (Fsp3) is 0.385. The average Bonchev–Trinajstić information content (AvgIpc) is 2.39. The van der Waals surface area contributed by atoms with Gasteiger partial charge in [-0.25, -0.2) is 0 Å². The number of hydrogen-bond acceptors (Lipinski definition) is 3. The number of morpholine rings is 1. The molecule has 2 rings (SSSR count). The van der Waals surface area contributed by atoms with Crippen LogP contribution < -0.4 is 5.73 Å². The summed E-state index contributed by atoms with van der Waals surface area (Å²) in [5.41, 5.74) is 6.21. The Hall–Kier alpha value is -1.88. The van der Waals surface area contributed by atoms with E-state index in [9.17, 15) is 9.59 Å². The largest absolute Gasteiger partial charge is 0.367 e. The smallest absolute Gasteiger partial charge is 0.249 e. The van der Waals surface area contributed by atoms with E-state index in [0.29, 0.717) is 6.54 Å². The van der Waals surface area contributed by atoms with Gasteiger partial charge in [-0.15, -0.1) is 0 Å². The Morgan fingerprint density at radius 3 is 2.67 bits per heavy atom. The number of carbonyl (C=O) groups is 2. The van der Waals surface area contributed by atoms with Gasteiger partial charge < -0.3 is 15.4 Å². The first-order valence-corrected chi connectivity index (χ1v) is 5.90. The van der Waals surface area contributed by atoms with Crippen molar-refractivity contribution in [1.82, 2.24) is 4.90 Å². The fourth-order valence-electron chi connectivity index (χ4n) is 2.27. The molecule has 0 radical (unpaired) electrons. The number of primary amides is 1. The van der Waals surface area contributed by atoms with Gasteiger partial charge in [0, 0.05) is 6.54 Å². The Labute approximate surface area is 106 Å². The quantitative estimate of drug-likeness (QED) is 0.844. The molecule has 0 bridgehead atoms. The van der Waals surface area contributed by atoms with Gasteiger partial charge in [-0.1, -0.05) is 30.3 Å². The Bertz CT molecular complexity index is 445. The maximum absolute atomic E-state index is 11.8. The van der Waals surface area contributed by atoms with Crippen LogP contribution in [0.3, 0.4) is 0 Å². The summed E-state index contributed by atoms with van der Waals surface area (Å²) in [7, 11) is 0. The highest BCUT2D eigenvalue weighted by Crippen LogP contribution is 2.29. The number of benzene rings is 1. The van der Waals surface area contributed by atoms with Crippen molar-refractivity contribution in [3.05, 3.63) is 35.9 Å². The molecule has 1 aromatic rings. The van der Waals surface area contributed by atoms with Gasteiger partial charge in [0.25, 0.3) is 0 Å². The van der Waals surface area contributed by atoms with E-state index in [2.05, 4.69) is 0 Å². The van der Waals surface area contributed by atoms with Crippen LogP contribution in [0.1, 0.15) is 18.5 Å². The molecule has 2 amide bonds. The third-order valence-electron chi connectivity index (χ3n) is 3.09. The summed E-state index contributed by atoms with van der Waals surface area (Å²) in [6, 6.07) is 8.90. The number of nitrogens with two attached hydrogens (primary N) is 1. The zero-order valence-electron chi connectivity index (χ0n) is 10.2. The maximum atomic E-state index is 11.8. The van der Waals surface area contributed by atoms with Crippen molar-refractivity contribution in [2.45, 2.75) is 19.1 Å². The Kier molecular flexibility index (Phi) is 3.62. The molecule has 0 spiro atoms. The molecule has 2 atom stereocenters. The van der Waals surface area contributed by atoms with Crippen molar-refractivity contribution < 1.29 is 14.3 Å². The number of hydrogen-bond donors (Lipinski definition) is 1. The molecular weight excluding hydrogens is 232 g/mol. The predicted molar refractivity (Wildman–Crippen MR) is 65.5 cm³/mol. The van der Waals surface area contributed by atoms with Crippen molar-refractivity contribution in [3.8, 4) is 0 Å². The normalized spacial score (nSPS) is 24.1. The summed E-state index contributed by atoms with van der Waals surface area (Å²) in [4.78, 5) is 24.9. The SMILES string of the molecule is CCN1C(=O)COC(C(N)=O)C1c1ccccc1. The van der Waals surface area contributed by atoms with Crippen LogP contribution in [-0.4, -0.2) is 36.0 Å². The van der Waals surface area contributed by atoms with Crippen LogP contribution in [0.2, 0.25) is 0 Å². The van der Waals surface area contributed by atoms with Crippen LogP contribution in [0.5, 0.6) is 0 Å². The second kappa shape index (κ2) is 5.18. The third-order valence-corrected chi connectivity index (χ3v) is 3.09. The first-order valence-electron chi connectivity index (χ1n) is 5.90. The van der Waals surface area contributed by atoms with Gasteiger partial charge in [-0.2, -0.15) is 0 Å². The minimum atomic E-state index is -0.787. The lowest BCUT2D eigenvalue weighted by atomic mass is 9.97. The summed E-state index contributed by atoms with van der Waals surface area (Å²) in [6.45, 7) is 2.30. The first kappa shape index (κ1) is 12.6. The van der Waals surface area contributed by atoms with Crippen LogP contribution in [0.4, 0.5) is 0 Å². The Morgan fingerprint density at radius 2 is 2.11 bits per heavy atom. The van der Waals surface area contributed by atoms with Gasteiger partial charge >= 0.3 is 0 Å². The van der Waals surface area contributed by atoms with Gasteiger partial charge in [0.1, 0.15) is 6.61 Å².